The van der Waals surface area contributed by atoms with Crippen LogP contribution in [-0.4, -0.2) is 36.9 Å². The number of benzene rings is 1. The van der Waals surface area contributed by atoms with Gasteiger partial charge in [0.25, 0.3) is 0 Å². The first-order valence-electron chi connectivity index (χ1n) is 7.12. The maximum absolute atomic E-state index is 12.6. The summed E-state index contributed by atoms with van der Waals surface area (Å²) >= 11 is 5.91. The third kappa shape index (κ3) is 3.73. The molecule has 2 aromatic rings. The Morgan fingerprint density at radius 1 is 1.20 bits per heavy atom. The molecule has 0 saturated carbocycles. The van der Waals surface area contributed by atoms with E-state index in [9.17, 15) is 21.6 Å². The van der Waals surface area contributed by atoms with Crippen LogP contribution in [0.5, 0.6) is 5.75 Å². The van der Waals surface area contributed by atoms with Gasteiger partial charge in [-0.2, -0.15) is 17.5 Å². The number of alkyl halides is 3. The molecule has 3 rings (SSSR count). The summed E-state index contributed by atoms with van der Waals surface area (Å²) in [6.45, 7) is 0.0501. The van der Waals surface area contributed by atoms with E-state index < -0.39 is 28.0 Å². The van der Waals surface area contributed by atoms with E-state index in [2.05, 4.69) is 4.98 Å². The molecule has 134 valence electrons. The zero-order valence-electron chi connectivity index (χ0n) is 12.6. The first-order valence-corrected chi connectivity index (χ1v) is 8.94. The monoisotopic (exact) mass is 392 g/mol. The van der Waals surface area contributed by atoms with Crippen molar-refractivity contribution in [2.45, 2.75) is 17.2 Å². The summed E-state index contributed by atoms with van der Waals surface area (Å²) in [6, 6.07) is 8.11. The van der Waals surface area contributed by atoms with Gasteiger partial charge in [-0.3, -0.25) is 4.98 Å². The lowest BCUT2D eigenvalue weighted by Crippen LogP contribution is -2.56. The average molecular weight is 393 g/mol. The van der Waals surface area contributed by atoms with Crippen LogP contribution in [0.1, 0.15) is 5.69 Å². The molecule has 0 atom stereocenters. The number of hydrogen-bond donors (Lipinski definition) is 0. The number of ether oxygens (including phenoxy) is 1. The highest BCUT2D eigenvalue weighted by Crippen LogP contribution is 2.31. The molecule has 0 radical (unpaired) electrons. The number of aromatic nitrogens is 1. The van der Waals surface area contributed by atoms with Crippen molar-refractivity contribution < 1.29 is 26.3 Å². The predicted molar refractivity (Wildman–Crippen MR) is 83.9 cm³/mol. The van der Waals surface area contributed by atoms with Crippen LogP contribution >= 0.6 is 11.6 Å². The quantitative estimate of drug-likeness (QED) is 0.801. The second-order valence-electron chi connectivity index (χ2n) is 5.37. The minimum Gasteiger partial charge on any atom is -0.488 e. The molecule has 1 aromatic carbocycles. The first-order chi connectivity index (χ1) is 11.7. The van der Waals surface area contributed by atoms with Gasteiger partial charge in [0, 0.05) is 12.3 Å². The molecule has 1 fully saturated rings. The van der Waals surface area contributed by atoms with Crippen LogP contribution < -0.4 is 4.74 Å². The number of sulfonamides is 1. The van der Waals surface area contributed by atoms with Gasteiger partial charge in [-0.15, -0.1) is 0 Å². The zero-order valence-corrected chi connectivity index (χ0v) is 14.1. The lowest BCUT2D eigenvalue weighted by atomic mass is 10.2. The summed E-state index contributed by atoms with van der Waals surface area (Å²) in [4.78, 5) is 3.22. The Bertz CT molecular complexity index is 884. The van der Waals surface area contributed by atoms with Crippen LogP contribution in [0, 0.1) is 0 Å². The highest BCUT2D eigenvalue weighted by molar-refractivity contribution is 7.89. The van der Waals surface area contributed by atoms with E-state index in [1.165, 1.54) is 18.2 Å². The molecule has 0 spiro atoms. The number of nitrogens with zero attached hydrogens (tertiary/aromatic N) is 2. The van der Waals surface area contributed by atoms with Gasteiger partial charge in [-0.1, -0.05) is 23.7 Å². The van der Waals surface area contributed by atoms with Crippen LogP contribution in [-0.2, 0) is 16.2 Å². The topological polar surface area (TPSA) is 59.5 Å². The first kappa shape index (κ1) is 18.0. The summed E-state index contributed by atoms with van der Waals surface area (Å²) in [6.07, 6.45) is -4.12. The van der Waals surface area contributed by atoms with E-state index in [1.807, 2.05) is 0 Å². The van der Waals surface area contributed by atoms with E-state index in [1.54, 1.807) is 12.1 Å². The third-order valence-corrected chi connectivity index (χ3v) is 5.93. The fourth-order valence-corrected chi connectivity index (χ4v) is 4.29. The van der Waals surface area contributed by atoms with Gasteiger partial charge in [0.05, 0.1) is 18.1 Å². The van der Waals surface area contributed by atoms with Crippen molar-refractivity contribution in [1.82, 2.24) is 9.29 Å². The van der Waals surface area contributed by atoms with Crippen molar-refractivity contribution >= 4 is 21.6 Å². The number of pyridine rings is 1. The smallest absolute Gasteiger partial charge is 0.433 e. The number of rotatable bonds is 4. The second kappa shape index (κ2) is 6.47. The van der Waals surface area contributed by atoms with Crippen molar-refractivity contribution in [3.63, 3.8) is 0 Å². The summed E-state index contributed by atoms with van der Waals surface area (Å²) in [5.74, 6) is -0.0119. The molecule has 0 unspecified atom stereocenters. The molecule has 1 aromatic heterocycles. The molecule has 5 nitrogen and oxygen atoms in total. The molecule has 1 aliphatic heterocycles. The number of hydrogen-bond acceptors (Lipinski definition) is 4. The average Bonchev–Trinajstić information content (AvgIpc) is 2.50. The van der Waals surface area contributed by atoms with Gasteiger partial charge in [-0.25, -0.2) is 8.42 Å². The van der Waals surface area contributed by atoms with Crippen LogP contribution in [0.25, 0.3) is 0 Å². The molecule has 1 saturated heterocycles. The highest BCUT2D eigenvalue weighted by Gasteiger charge is 2.39. The fourth-order valence-electron chi connectivity index (χ4n) is 2.30. The molecule has 25 heavy (non-hydrogen) atoms. The van der Waals surface area contributed by atoms with Crippen molar-refractivity contribution in [2.24, 2.45) is 0 Å². The summed E-state index contributed by atoms with van der Waals surface area (Å²) < 4.78 is 69.3. The van der Waals surface area contributed by atoms with Crippen molar-refractivity contribution in [3.05, 3.63) is 53.3 Å². The van der Waals surface area contributed by atoms with Crippen molar-refractivity contribution in [2.75, 3.05) is 13.1 Å². The molecule has 0 bridgehead atoms. The molecular formula is C15H12ClF3N2O3S. The van der Waals surface area contributed by atoms with Gasteiger partial charge in [0.1, 0.15) is 22.4 Å². The molecule has 0 aliphatic carbocycles. The van der Waals surface area contributed by atoms with E-state index in [0.717, 1.165) is 16.6 Å². The Morgan fingerprint density at radius 2 is 1.88 bits per heavy atom. The number of halogens is 4. The molecule has 1 aliphatic rings. The SMILES string of the molecule is O=S(=O)(c1ccccc1Cl)N1CC(Oc2ccnc(C(F)(F)F)c2)C1. The van der Waals surface area contributed by atoms with Crippen molar-refractivity contribution in [3.8, 4) is 5.75 Å². The van der Waals surface area contributed by atoms with Crippen LogP contribution in [0.4, 0.5) is 13.2 Å². The second-order valence-corrected chi connectivity index (χ2v) is 7.68. The fraction of sp³-hybridized carbons (Fsp3) is 0.267. The lowest BCUT2D eigenvalue weighted by molar-refractivity contribution is -0.141. The molecule has 0 N–H and O–H groups in total. The largest absolute Gasteiger partial charge is 0.488 e. The summed E-state index contributed by atoms with van der Waals surface area (Å²) in [7, 11) is -3.76. The maximum Gasteiger partial charge on any atom is 0.433 e. The summed E-state index contributed by atoms with van der Waals surface area (Å²) in [5, 5.41) is 0.107. The Balaban J connectivity index is 1.66. The molecule has 0 amide bonds. The Hall–Kier alpha value is -1.84. The molecule has 2 heterocycles. The summed E-state index contributed by atoms with van der Waals surface area (Å²) in [5.41, 5.74) is -1.06. The molecular weight excluding hydrogens is 381 g/mol. The highest BCUT2D eigenvalue weighted by atomic mass is 35.5. The minimum absolute atomic E-state index is 0.0119. The predicted octanol–water partition coefficient (Wildman–Crippen LogP) is 3.21. The van der Waals surface area contributed by atoms with Crippen LogP contribution in [0.2, 0.25) is 5.02 Å². The Morgan fingerprint density at radius 3 is 2.52 bits per heavy atom. The van der Waals surface area contributed by atoms with Gasteiger partial charge < -0.3 is 4.74 Å². The van der Waals surface area contributed by atoms with Crippen LogP contribution in [0.3, 0.4) is 0 Å². The molecule has 10 heteroatoms. The van der Waals surface area contributed by atoms with E-state index in [0.29, 0.717) is 0 Å². The van der Waals surface area contributed by atoms with E-state index >= 15 is 0 Å². The van der Waals surface area contributed by atoms with Gasteiger partial charge >= 0.3 is 6.18 Å². The van der Waals surface area contributed by atoms with E-state index in [-0.39, 0.29) is 28.8 Å². The maximum atomic E-state index is 12.6. The normalized spacial score (nSPS) is 16.5. The van der Waals surface area contributed by atoms with E-state index in [4.69, 9.17) is 16.3 Å². The lowest BCUT2D eigenvalue weighted by Gasteiger charge is -2.37. The zero-order chi connectivity index (χ0) is 18.2. The van der Waals surface area contributed by atoms with Crippen molar-refractivity contribution in [1.29, 1.82) is 0 Å². The standard InChI is InChI=1S/C15H12ClF3N2O3S/c16-12-3-1-2-4-13(12)25(22,23)21-8-11(9-21)24-10-5-6-20-14(7-10)15(17,18)19/h1-7,11H,8-9H2. The third-order valence-electron chi connectivity index (χ3n) is 3.59. The Kier molecular flexibility index (Phi) is 4.65. The van der Waals surface area contributed by atoms with Gasteiger partial charge in [0.2, 0.25) is 10.0 Å². The minimum atomic E-state index is -4.57. The van der Waals surface area contributed by atoms with Crippen LogP contribution in [0.15, 0.2) is 47.5 Å². The van der Waals surface area contributed by atoms with Gasteiger partial charge in [-0.05, 0) is 18.2 Å². The van der Waals surface area contributed by atoms with Gasteiger partial charge in [0.15, 0.2) is 0 Å². The Labute approximate surface area is 147 Å².